The summed E-state index contributed by atoms with van der Waals surface area (Å²) in [6.45, 7) is 0.0765. The summed E-state index contributed by atoms with van der Waals surface area (Å²) in [4.78, 5) is 3.15. The first-order valence-corrected chi connectivity index (χ1v) is 7.67. The molecular weight excluding hydrogens is 298 g/mol. The molecule has 0 radical (unpaired) electrons. The molecule has 112 valence electrons. The van der Waals surface area contributed by atoms with Crippen LogP contribution in [0, 0.1) is 11.6 Å². The lowest BCUT2D eigenvalue weighted by Crippen LogP contribution is -2.30. The predicted molar refractivity (Wildman–Crippen MR) is 74.1 cm³/mol. The van der Waals surface area contributed by atoms with Gasteiger partial charge >= 0.3 is 0 Å². The molecule has 0 aliphatic carbocycles. The SMILES string of the molecule is CN(CCc1ccccn1)S(=O)(=O)c1c(F)cccc1F. The van der Waals surface area contributed by atoms with Crippen LogP contribution < -0.4 is 0 Å². The third-order valence-electron chi connectivity index (χ3n) is 3.00. The third-order valence-corrected chi connectivity index (χ3v) is 4.91. The molecule has 0 aliphatic rings. The first kappa shape index (κ1) is 15.5. The maximum atomic E-state index is 13.6. The van der Waals surface area contributed by atoms with E-state index in [4.69, 9.17) is 0 Å². The molecule has 0 amide bonds. The van der Waals surface area contributed by atoms with Crippen molar-refractivity contribution >= 4 is 10.0 Å². The number of hydrogen-bond acceptors (Lipinski definition) is 3. The van der Waals surface area contributed by atoms with E-state index in [9.17, 15) is 17.2 Å². The van der Waals surface area contributed by atoms with Crippen LogP contribution >= 0.6 is 0 Å². The molecule has 2 aromatic rings. The summed E-state index contributed by atoms with van der Waals surface area (Å²) in [5, 5.41) is 0. The Hall–Kier alpha value is -1.86. The average Bonchev–Trinajstić information content (AvgIpc) is 2.45. The molecule has 0 bridgehead atoms. The molecular formula is C14H14F2N2O2S. The second kappa shape index (κ2) is 6.28. The number of halogens is 2. The standard InChI is InChI=1S/C14H14F2N2O2S/c1-18(10-8-11-5-2-3-9-17-11)21(19,20)14-12(15)6-4-7-13(14)16/h2-7,9H,8,10H2,1H3. The lowest BCUT2D eigenvalue weighted by molar-refractivity contribution is 0.452. The molecule has 21 heavy (non-hydrogen) atoms. The number of hydrogen-bond donors (Lipinski definition) is 0. The van der Waals surface area contributed by atoms with E-state index in [1.807, 2.05) is 0 Å². The summed E-state index contributed by atoms with van der Waals surface area (Å²) in [6, 6.07) is 8.25. The molecule has 0 spiro atoms. The number of sulfonamides is 1. The fraction of sp³-hybridized carbons (Fsp3) is 0.214. The molecule has 7 heteroatoms. The third kappa shape index (κ3) is 3.43. The highest BCUT2D eigenvalue weighted by atomic mass is 32.2. The van der Waals surface area contributed by atoms with E-state index in [1.54, 1.807) is 24.4 Å². The van der Waals surface area contributed by atoms with Gasteiger partial charge in [0.1, 0.15) is 11.6 Å². The van der Waals surface area contributed by atoms with E-state index < -0.39 is 26.6 Å². The minimum atomic E-state index is -4.21. The number of pyridine rings is 1. The molecule has 0 N–H and O–H groups in total. The highest BCUT2D eigenvalue weighted by Crippen LogP contribution is 2.21. The van der Waals surface area contributed by atoms with Crippen LogP contribution in [0.3, 0.4) is 0 Å². The van der Waals surface area contributed by atoms with E-state index in [-0.39, 0.29) is 6.54 Å². The highest BCUT2D eigenvalue weighted by molar-refractivity contribution is 7.89. The van der Waals surface area contributed by atoms with Crippen molar-refractivity contribution in [1.29, 1.82) is 0 Å². The lowest BCUT2D eigenvalue weighted by Gasteiger charge is -2.17. The predicted octanol–water partition coefficient (Wildman–Crippen LogP) is 2.22. The van der Waals surface area contributed by atoms with E-state index >= 15 is 0 Å². The molecule has 0 unspecified atom stereocenters. The summed E-state index contributed by atoms with van der Waals surface area (Å²) in [5.74, 6) is -2.20. The maximum Gasteiger partial charge on any atom is 0.248 e. The number of rotatable bonds is 5. The summed E-state index contributed by atoms with van der Waals surface area (Å²) >= 11 is 0. The Morgan fingerprint density at radius 2 is 1.76 bits per heavy atom. The van der Waals surface area contributed by atoms with Crippen LogP contribution in [-0.4, -0.2) is 31.3 Å². The Balaban J connectivity index is 2.19. The van der Waals surface area contributed by atoms with Crippen LogP contribution in [0.4, 0.5) is 8.78 Å². The minimum Gasteiger partial charge on any atom is -0.261 e. The zero-order chi connectivity index (χ0) is 15.5. The summed E-state index contributed by atoms with van der Waals surface area (Å²) < 4.78 is 52.6. The van der Waals surface area contributed by atoms with Gasteiger partial charge < -0.3 is 0 Å². The van der Waals surface area contributed by atoms with Gasteiger partial charge in [0.05, 0.1) is 0 Å². The van der Waals surface area contributed by atoms with E-state index in [0.717, 1.165) is 22.5 Å². The molecule has 1 aromatic carbocycles. The molecule has 2 rings (SSSR count). The Kier molecular flexibility index (Phi) is 4.64. The molecule has 4 nitrogen and oxygen atoms in total. The van der Waals surface area contributed by atoms with Gasteiger partial charge in [-0.25, -0.2) is 21.5 Å². The van der Waals surface area contributed by atoms with Gasteiger partial charge in [0.25, 0.3) is 0 Å². The van der Waals surface area contributed by atoms with Crippen molar-refractivity contribution in [2.45, 2.75) is 11.3 Å². The summed E-state index contributed by atoms with van der Waals surface area (Å²) in [7, 11) is -2.93. The van der Waals surface area contributed by atoms with Crippen molar-refractivity contribution in [3.63, 3.8) is 0 Å². The average molecular weight is 312 g/mol. The Bertz CT molecular complexity index is 701. The van der Waals surface area contributed by atoms with Crippen molar-refractivity contribution in [2.75, 3.05) is 13.6 Å². The van der Waals surface area contributed by atoms with Gasteiger partial charge in [0, 0.05) is 31.9 Å². The molecule has 1 aromatic heterocycles. The Morgan fingerprint density at radius 3 is 2.33 bits per heavy atom. The van der Waals surface area contributed by atoms with Crippen LogP contribution in [0.25, 0.3) is 0 Å². The Labute approximate surface area is 122 Å². The largest absolute Gasteiger partial charge is 0.261 e. The molecule has 0 saturated heterocycles. The van der Waals surface area contributed by atoms with Gasteiger partial charge in [0.15, 0.2) is 4.90 Å². The van der Waals surface area contributed by atoms with Crippen molar-refractivity contribution in [1.82, 2.24) is 9.29 Å². The molecule has 0 aliphatic heterocycles. The maximum absolute atomic E-state index is 13.6. The van der Waals surface area contributed by atoms with E-state index in [1.165, 1.54) is 7.05 Å². The van der Waals surface area contributed by atoms with Crippen LogP contribution in [0.15, 0.2) is 47.5 Å². The number of benzene rings is 1. The fourth-order valence-electron chi connectivity index (χ4n) is 1.82. The quantitative estimate of drug-likeness (QED) is 0.850. The fourth-order valence-corrected chi connectivity index (χ4v) is 3.10. The van der Waals surface area contributed by atoms with Gasteiger partial charge in [-0.2, -0.15) is 0 Å². The number of likely N-dealkylation sites (N-methyl/N-ethyl adjacent to an activating group) is 1. The smallest absolute Gasteiger partial charge is 0.248 e. The zero-order valence-corrected chi connectivity index (χ0v) is 12.1. The minimum absolute atomic E-state index is 0.0765. The second-order valence-corrected chi connectivity index (χ2v) is 6.43. The highest BCUT2D eigenvalue weighted by Gasteiger charge is 2.27. The van der Waals surface area contributed by atoms with Crippen LogP contribution in [-0.2, 0) is 16.4 Å². The van der Waals surface area contributed by atoms with Crippen molar-refractivity contribution < 1.29 is 17.2 Å². The molecule has 1 heterocycles. The first-order valence-electron chi connectivity index (χ1n) is 6.23. The van der Waals surface area contributed by atoms with Crippen LogP contribution in [0.5, 0.6) is 0 Å². The van der Waals surface area contributed by atoms with Gasteiger partial charge in [-0.15, -0.1) is 0 Å². The van der Waals surface area contributed by atoms with Crippen molar-refractivity contribution in [2.24, 2.45) is 0 Å². The monoisotopic (exact) mass is 312 g/mol. The lowest BCUT2D eigenvalue weighted by atomic mass is 10.3. The van der Waals surface area contributed by atoms with E-state index in [0.29, 0.717) is 12.1 Å². The number of aromatic nitrogens is 1. The zero-order valence-electron chi connectivity index (χ0n) is 11.3. The molecule has 0 fully saturated rings. The summed E-state index contributed by atoms with van der Waals surface area (Å²) in [6.07, 6.45) is 1.95. The molecule has 0 saturated carbocycles. The Morgan fingerprint density at radius 1 is 1.10 bits per heavy atom. The second-order valence-electron chi connectivity index (χ2n) is 4.45. The molecule has 0 atom stereocenters. The van der Waals surface area contributed by atoms with Gasteiger partial charge in [0.2, 0.25) is 10.0 Å². The first-order chi connectivity index (χ1) is 9.93. The van der Waals surface area contributed by atoms with Gasteiger partial charge in [-0.05, 0) is 24.3 Å². The van der Waals surface area contributed by atoms with E-state index in [2.05, 4.69) is 4.98 Å². The van der Waals surface area contributed by atoms with Gasteiger partial charge in [-0.1, -0.05) is 12.1 Å². The van der Waals surface area contributed by atoms with Crippen LogP contribution in [0.2, 0.25) is 0 Å². The van der Waals surface area contributed by atoms with Crippen molar-refractivity contribution in [3.8, 4) is 0 Å². The van der Waals surface area contributed by atoms with Crippen LogP contribution in [0.1, 0.15) is 5.69 Å². The van der Waals surface area contributed by atoms with Gasteiger partial charge in [-0.3, -0.25) is 4.98 Å². The van der Waals surface area contributed by atoms with Crippen molar-refractivity contribution in [3.05, 3.63) is 59.9 Å². The number of nitrogens with zero attached hydrogens (tertiary/aromatic N) is 2. The normalized spacial score (nSPS) is 11.8. The topological polar surface area (TPSA) is 50.3 Å². The summed E-state index contributed by atoms with van der Waals surface area (Å²) in [5.41, 5.74) is 0.702.